The van der Waals surface area contributed by atoms with Crippen LogP contribution in [-0.2, 0) is 13.6 Å². The Bertz CT molecular complexity index is 1150. The average Bonchev–Trinajstić information content (AvgIpc) is 3.04. The molecular formula is C20H20ClFN4O2S. The summed E-state index contributed by atoms with van der Waals surface area (Å²) in [6.07, 6.45) is 1.48. The van der Waals surface area contributed by atoms with E-state index in [4.69, 9.17) is 11.6 Å². The largest absolute Gasteiger partial charge is 0.335 e. The van der Waals surface area contributed by atoms with Gasteiger partial charge in [-0.3, -0.25) is 14.5 Å². The molecule has 1 fully saturated rings. The second-order valence-corrected chi connectivity index (χ2v) is 8.61. The highest BCUT2D eigenvalue weighted by Crippen LogP contribution is 2.28. The molecule has 29 heavy (non-hydrogen) atoms. The molecule has 1 aromatic carbocycles. The first kappa shape index (κ1) is 20.0. The van der Waals surface area contributed by atoms with Crippen LogP contribution in [0, 0.1) is 12.7 Å². The second kappa shape index (κ2) is 7.85. The highest BCUT2D eigenvalue weighted by Gasteiger charge is 2.26. The molecular weight excluding hydrogens is 415 g/mol. The zero-order valence-electron chi connectivity index (χ0n) is 16.1. The Morgan fingerprint density at radius 2 is 2.00 bits per heavy atom. The van der Waals surface area contributed by atoms with Crippen molar-refractivity contribution >= 4 is 39.1 Å². The quantitative estimate of drug-likeness (QED) is 0.635. The van der Waals surface area contributed by atoms with Crippen LogP contribution in [0.5, 0.6) is 0 Å². The normalized spacial score (nSPS) is 15.2. The molecule has 152 valence electrons. The van der Waals surface area contributed by atoms with Crippen molar-refractivity contribution in [3.05, 3.63) is 61.7 Å². The molecule has 0 bridgehead atoms. The number of amides is 1. The van der Waals surface area contributed by atoms with Crippen molar-refractivity contribution in [2.24, 2.45) is 7.05 Å². The lowest BCUT2D eigenvalue weighted by atomic mass is 10.1. The van der Waals surface area contributed by atoms with Crippen LogP contribution in [0.4, 0.5) is 4.39 Å². The van der Waals surface area contributed by atoms with Crippen LogP contribution in [-0.4, -0.2) is 51.4 Å². The smallest absolute Gasteiger partial charge is 0.264 e. The van der Waals surface area contributed by atoms with Crippen molar-refractivity contribution in [2.75, 3.05) is 26.2 Å². The third-order valence-electron chi connectivity index (χ3n) is 5.27. The Morgan fingerprint density at radius 3 is 2.69 bits per heavy atom. The Balaban J connectivity index is 1.47. The van der Waals surface area contributed by atoms with Gasteiger partial charge >= 0.3 is 0 Å². The molecule has 0 N–H and O–H groups in total. The minimum Gasteiger partial charge on any atom is -0.335 e. The van der Waals surface area contributed by atoms with Crippen molar-refractivity contribution in [3.8, 4) is 0 Å². The number of carbonyl (C=O) groups is 1. The van der Waals surface area contributed by atoms with Crippen molar-refractivity contribution in [1.82, 2.24) is 19.4 Å². The fraction of sp³-hybridized carbons (Fsp3) is 0.350. The fourth-order valence-corrected chi connectivity index (χ4v) is 4.89. The number of nitrogens with zero attached hydrogens (tertiary/aromatic N) is 4. The van der Waals surface area contributed by atoms with Crippen LogP contribution in [0.25, 0.3) is 10.2 Å². The molecule has 0 spiro atoms. The summed E-state index contributed by atoms with van der Waals surface area (Å²) in [6, 6.07) is 4.42. The molecule has 3 heterocycles. The maximum atomic E-state index is 13.2. The van der Waals surface area contributed by atoms with E-state index in [2.05, 4.69) is 9.88 Å². The van der Waals surface area contributed by atoms with Gasteiger partial charge in [0, 0.05) is 44.8 Å². The standard InChI is InChI=1S/C20H20ClFN4O2S/c1-12-16-18(23-11-24(2)19(16)27)29-17(12)20(28)26-7-5-25(6-8-26)10-13-3-4-14(22)9-15(13)21/h3-4,9,11H,5-8,10H2,1-2H3. The number of rotatable bonds is 3. The van der Waals surface area contributed by atoms with Crippen molar-refractivity contribution in [3.63, 3.8) is 0 Å². The summed E-state index contributed by atoms with van der Waals surface area (Å²) in [7, 11) is 1.65. The topological polar surface area (TPSA) is 58.4 Å². The van der Waals surface area contributed by atoms with Crippen LogP contribution in [0.2, 0.25) is 5.02 Å². The van der Waals surface area contributed by atoms with Crippen molar-refractivity contribution in [1.29, 1.82) is 0 Å². The third-order valence-corrected chi connectivity index (χ3v) is 6.81. The van der Waals surface area contributed by atoms with Gasteiger partial charge in [-0.25, -0.2) is 9.37 Å². The van der Waals surface area contributed by atoms with Crippen molar-refractivity contribution < 1.29 is 9.18 Å². The number of piperazine rings is 1. The lowest BCUT2D eigenvalue weighted by Gasteiger charge is -2.34. The highest BCUT2D eigenvalue weighted by molar-refractivity contribution is 7.20. The second-order valence-electron chi connectivity index (χ2n) is 7.20. The summed E-state index contributed by atoms with van der Waals surface area (Å²) in [5.41, 5.74) is 1.43. The SMILES string of the molecule is Cc1c(C(=O)N2CCN(Cc3ccc(F)cc3Cl)CC2)sc2ncn(C)c(=O)c12. The first-order valence-corrected chi connectivity index (χ1v) is 10.4. The Labute approximate surface area is 176 Å². The maximum Gasteiger partial charge on any atom is 0.264 e. The zero-order valence-corrected chi connectivity index (χ0v) is 17.7. The molecule has 0 radical (unpaired) electrons. The molecule has 0 unspecified atom stereocenters. The van der Waals surface area contributed by atoms with E-state index in [0.717, 1.165) is 5.56 Å². The van der Waals surface area contributed by atoms with Gasteiger partial charge in [-0.05, 0) is 30.2 Å². The summed E-state index contributed by atoms with van der Waals surface area (Å²) >= 11 is 7.40. The van der Waals surface area contributed by atoms with Gasteiger partial charge < -0.3 is 9.47 Å². The molecule has 3 aromatic rings. The van der Waals surface area contributed by atoms with Crippen LogP contribution < -0.4 is 5.56 Å². The summed E-state index contributed by atoms with van der Waals surface area (Å²) in [5, 5.41) is 0.937. The molecule has 0 saturated carbocycles. The molecule has 0 aliphatic carbocycles. The number of hydrogen-bond acceptors (Lipinski definition) is 5. The summed E-state index contributed by atoms with van der Waals surface area (Å²) < 4.78 is 14.6. The van der Waals surface area contributed by atoms with Gasteiger partial charge in [-0.1, -0.05) is 17.7 Å². The number of hydrogen-bond donors (Lipinski definition) is 0. The van der Waals surface area contributed by atoms with Gasteiger partial charge in [0.05, 0.1) is 16.6 Å². The van der Waals surface area contributed by atoms with E-state index < -0.39 is 0 Å². The van der Waals surface area contributed by atoms with Crippen LogP contribution in [0.1, 0.15) is 20.8 Å². The molecule has 4 rings (SSSR count). The monoisotopic (exact) mass is 434 g/mol. The molecule has 1 aliphatic heterocycles. The van der Waals surface area contributed by atoms with E-state index in [1.807, 2.05) is 11.8 Å². The summed E-state index contributed by atoms with van der Waals surface area (Å²) in [6.45, 7) is 4.98. The predicted octanol–water partition coefficient (Wildman–Crippen LogP) is 3.05. The lowest BCUT2D eigenvalue weighted by molar-refractivity contribution is 0.0632. The number of aromatic nitrogens is 2. The molecule has 6 nitrogen and oxygen atoms in total. The Morgan fingerprint density at radius 1 is 1.28 bits per heavy atom. The van der Waals surface area contributed by atoms with Crippen LogP contribution >= 0.6 is 22.9 Å². The first-order chi connectivity index (χ1) is 13.8. The maximum absolute atomic E-state index is 13.2. The summed E-state index contributed by atoms with van der Waals surface area (Å²) in [4.78, 5) is 34.9. The number of thiophene rings is 1. The van der Waals surface area contributed by atoms with E-state index in [0.29, 0.717) is 58.4 Å². The van der Waals surface area contributed by atoms with Gasteiger partial charge in [-0.2, -0.15) is 0 Å². The van der Waals surface area contributed by atoms with Crippen LogP contribution in [0.15, 0.2) is 29.3 Å². The molecule has 1 aliphatic rings. The molecule has 1 saturated heterocycles. The highest BCUT2D eigenvalue weighted by atomic mass is 35.5. The number of benzene rings is 1. The number of halogens is 2. The first-order valence-electron chi connectivity index (χ1n) is 9.25. The number of carbonyl (C=O) groups excluding carboxylic acids is 1. The Kier molecular flexibility index (Phi) is 5.42. The van der Waals surface area contributed by atoms with E-state index in [1.54, 1.807) is 13.1 Å². The minimum absolute atomic E-state index is 0.0629. The average molecular weight is 435 g/mol. The molecule has 0 atom stereocenters. The molecule has 9 heteroatoms. The van der Waals surface area contributed by atoms with E-state index >= 15 is 0 Å². The Hall–Kier alpha value is -2.29. The number of fused-ring (bicyclic) bond motifs is 1. The predicted molar refractivity (Wildman–Crippen MR) is 112 cm³/mol. The van der Waals surface area contributed by atoms with Gasteiger partial charge in [-0.15, -0.1) is 11.3 Å². The lowest BCUT2D eigenvalue weighted by Crippen LogP contribution is -2.48. The fourth-order valence-electron chi connectivity index (χ4n) is 3.56. The van der Waals surface area contributed by atoms with E-state index in [1.165, 1.54) is 34.4 Å². The van der Waals surface area contributed by atoms with Gasteiger partial charge in [0.2, 0.25) is 0 Å². The third kappa shape index (κ3) is 3.80. The molecule has 1 amide bonds. The number of aryl methyl sites for hydroxylation is 2. The van der Waals surface area contributed by atoms with Crippen molar-refractivity contribution in [2.45, 2.75) is 13.5 Å². The van der Waals surface area contributed by atoms with Gasteiger partial charge in [0.1, 0.15) is 10.6 Å². The van der Waals surface area contributed by atoms with E-state index in [9.17, 15) is 14.0 Å². The van der Waals surface area contributed by atoms with E-state index in [-0.39, 0.29) is 17.3 Å². The van der Waals surface area contributed by atoms with Crippen LogP contribution in [0.3, 0.4) is 0 Å². The minimum atomic E-state index is -0.350. The zero-order chi connectivity index (χ0) is 20.7. The summed E-state index contributed by atoms with van der Waals surface area (Å²) in [5.74, 6) is -0.413. The molecule has 2 aromatic heterocycles. The van der Waals surface area contributed by atoms with Gasteiger partial charge in [0.15, 0.2) is 0 Å². The van der Waals surface area contributed by atoms with Gasteiger partial charge in [0.25, 0.3) is 11.5 Å².